The Hall–Kier alpha value is -1.13. The Balaban J connectivity index is 1.82. The summed E-state index contributed by atoms with van der Waals surface area (Å²) in [7, 11) is 2.13. The van der Waals surface area contributed by atoms with E-state index in [9.17, 15) is 9.18 Å². The Morgan fingerprint density at radius 3 is 2.62 bits per heavy atom. The summed E-state index contributed by atoms with van der Waals surface area (Å²) >= 11 is 6.04. The van der Waals surface area contributed by atoms with Gasteiger partial charge in [0.2, 0.25) is 0 Å². The van der Waals surface area contributed by atoms with Gasteiger partial charge in [-0.1, -0.05) is 11.6 Å². The fourth-order valence-corrected chi connectivity index (χ4v) is 3.93. The molecule has 2 fully saturated rings. The molecule has 114 valence electrons. The molecule has 3 nitrogen and oxygen atoms in total. The van der Waals surface area contributed by atoms with Crippen molar-refractivity contribution in [1.82, 2.24) is 9.80 Å². The number of halogens is 2. The minimum Gasteiger partial charge on any atom is -0.334 e. The van der Waals surface area contributed by atoms with Crippen LogP contribution in [0.1, 0.15) is 36.0 Å². The first-order chi connectivity index (χ1) is 10.1. The summed E-state index contributed by atoms with van der Waals surface area (Å²) in [6.45, 7) is 1.86. The molecule has 0 radical (unpaired) electrons. The quantitative estimate of drug-likeness (QED) is 0.837. The summed E-state index contributed by atoms with van der Waals surface area (Å²) in [5.74, 6) is -0.479. The van der Waals surface area contributed by atoms with Crippen LogP contribution < -0.4 is 0 Å². The fourth-order valence-electron chi connectivity index (χ4n) is 3.68. The molecule has 5 heteroatoms. The third kappa shape index (κ3) is 2.79. The summed E-state index contributed by atoms with van der Waals surface area (Å²) in [6.07, 6.45) is 4.40. The van der Waals surface area contributed by atoms with Crippen LogP contribution in [0.25, 0.3) is 0 Å². The number of nitrogens with zero attached hydrogens (tertiary/aromatic N) is 2. The third-order valence-corrected chi connectivity index (χ3v) is 5.06. The van der Waals surface area contributed by atoms with E-state index < -0.39 is 5.82 Å². The molecule has 3 rings (SSSR count). The van der Waals surface area contributed by atoms with E-state index in [0.717, 1.165) is 32.4 Å². The Bertz CT molecular complexity index is 551. The van der Waals surface area contributed by atoms with Crippen molar-refractivity contribution in [2.75, 3.05) is 20.1 Å². The molecule has 0 spiro atoms. The second kappa shape index (κ2) is 5.93. The first-order valence-corrected chi connectivity index (χ1v) is 7.92. The van der Waals surface area contributed by atoms with Crippen molar-refractivity contribution in [1.29, 1.82) is 0 Å². The summed E-state index contributed by atoms with van der Waals surface area (Å²) < 4.78 is 13.1. The zero-order chi connectivity index (χ0) is 15.0. The van der Waals surface area contributed by atoms with Gasteiger partial charge in [0.05, 0.1) is 10.6 Å². The van der Waals surface area contributed by atoms with Crippen LogP contribution in [0.15, 0.2) is 18.2 Å². The first-order valence-electron chi connectivity index (χ1n) is 7.54. The standard InChI is InChI=1S/C16H20ClFN2O/c1-19-8-2-4-14(19)15-5-3-9-20(15)16(21)12-7-6-11(18)10-13(12)17/h6-7,10,14-15H,2-5,8-9H2,1H3/t14-,15-/m0/s1. The van der Waals surface area contributed by atoms with Crippen molar-refractivity contribution in [2.45, 2.75) is 37.8 Å². The van der Waals surface area contributed by atoms with Crippen molar-refractivity contribution in [3.63, 3.8) is 0 Å². The highest BCUT2D eigenvalue weighted by atomic mass is 35.5. The van der Waals surface area contributed by atoms with Crippen LogP contribution in [0.3, 0.4) is 0 Å². The lowest BCUT2D eigenvalue weighted by Gasteiger charge is -2.33. The van der Waals surface area contributed by atoms with Crippen LogP contribution >= 0.6 is 11.6 Å². The van der Waals surface area contributed by atoms with Gasteiger partial charge in [-0.05, 0) is 57.5 Å². The molecule has 21 heavy (non-hydrogen) atoms. The maximum Gasteiger partial charge on any atom is 0.255 e. The van der Waals surface area contributed by atoms with E-state index in [1.165, 1.54) is 24.6 Å². The third-order valence-electron chi connectivity index (χ3n) is 4.74. The molecular weight excluding hydrogens is 291 g/mol. The zero-order valence-corrected chi connectivity index (χ0v) is 12.9. The first kappa shape index (κ1) is 14.8. The van der Waals surface area contributed by atoms with E-state index in [0.29, 0.717) is 11.6 Å². The lowest BCUT2D eigenvalue weighted by molar-refractivity contribution is 0.0664. The number of hydrogen-bond acceptors (Lipinski definition) is 2. The van der Waals surface area contributed by atoms with Crippen LogP contribution in [0.2, 0.25) is 5.02 Å². The maximum absolute atomic E-state index is 13.1. The van der Waals surface area contributed by atoms with E-state index >= 15 is 0 Å². The second-order valence-electron chi connectivity index (χ2n) is 6.02. The van der Waals surface area contributed by atoms with Crippen molar-refractivity contribution in [3.8, 4) is 0 Å². The average Bonchev–Trinajstić information content (AvgIpc) is 3.06. The molecule has 0 bridgehead atoms. The Morgan fingerprint density at radius 1 is 1.24 bits per heavy atom. The molecule has 0 saturated carbocycles. The summed E-state index contributed by atoms with van der Waals surface area (Å²) in [4.78, 5) is 17.0. The number of likely N-dealkylation sites (N-methyl/N-ethyl adjacent to an activating group) is 1. The monoisotopic (exact) mass is 310 g/mol. The largest absolute Gasteiger partial charge is 0.334 e. The van der Waals surface area contributed by atoms with Crippen LogP contribution in [0, 0.1) is 5.82 Å². The van der Waals surface area contributed by atoms with E-state index in [1.807, 2.05) is 4.90 Å². The lowest BCUT2D eigenvalue weighted by atomic mass is 10.0. The molecule has 2 aliphatic rings. The number of hydrogen-bond donors (Lipinski definition) is 0. The Morgan fingerprint density at radius 2 is 1.95 bits per heavy atom. The van der Waals surface area contributed by atoms with Gasteiger partial charge in [-0.15, -0.1) is 0 Å². The second-order valence-corrected chi connectivity index (χ2v) is 6.43. The van der Waals surface area contributed by atoms with Gasteiger partial charge in [-0.2, -0.15) is 0 Å². The molecular formula is C16H20ClFN2O. The molecule has 2 aliphatic heterocycles. The van der Waals surface area contributed by atoms with Crippen LogP contribution in [-0.2, 0) is 0 Å². The topological polar surface area (TPSA) is 23.6 Å². The molecule has 0 aromatic heterocycles. The molecule has 0 aliphatic carbocycles. The summed E-state index contributed by atoms with van der Waals surface area (Å²) in [5, 5.41) is 0.199. The zero-order valence-electron chi connectivity index (χ0n) is 12.2. The van der Waals surface area contributed by atoms with Gasteiger partial charge < -0.3 is 9.80 Å². The van der Waals surface area contributed by atoms with Gasteiger partial charge >= 0.3 is 0 Å². The number of carbonyl (C=O) groups is 1. The molecule has 2 heterocycles. The number of rotatable bonds is 2. The highest BCUT2D eigenvalue weighted by Crippen LogP contribution is 2.31. The maximum atomic E-state index is 13.1. The van der Waals surface area contributed by atoms with E-state index in [-0.39, 0.29) is 17.0 Å². The van der Waals surface area contributed by atoms with Gasteiger partial charge in [-0.25, -0.2) is 4.39 Å². The average molecular weight is 311 g/mol. The molecule has 0 unspecified atom stereocenters. The van der Waals surface area contributed by atoms with Crippen molar-refractivity contribution >= 4 is 17.5 Å². The molecule has 1 aromatic carbocycles. The molecule has 1 amide bonds. The predicted octanol–water partition coefficient (Wildman–Crippen LogP) is 3.18. The fraction of sp³-hybridized carbons (Fsp3) is 0.562. The van der Waals surface area contributed by atoms with Crippen LogP contribution in [0.4, 0.5) is 4.39 Å². The Kier molecular flexibility index (Phi) is 4.18. The Labute approximate surface area is 129 Å². The smallest absolute Gasteiger partial charge is 0.255 e. The highest BCUT2D eigenvalue weighted by Gasteiger charge is 2.38. The summed E-state index contributed by atoms with van der Waals surface area (Å²) in [5.41, 5.74) is 0.408. The van der Waals surface area contributed by atoms with E-state index in [1.54, 1.807) is 0 Å². The van der Waals surface area contributed by atoms with E-state index in [2.05, 4.69) is 11.9 Å². The van der Waals surface area contributed by atoms with Gasteiger partial charge in [0.1, 0.15) is 5.82 Å². The number of carbonyl (C=O) groups excluding carboxylic acids is 1. The van der Waals surface area contributed by atoms with E-state index in [4.69, 9.17) is 11.6 Å². The molecule has 2 atom stereocenters. The predicted molar refractivity (Wildman–Crippen MR) is 81.1 cm³/mol. The lowest BCUT2D eigenvalue weighted by Crippen LogP contribution is -2.47. The van der Waals surface area contributed by atoms with Crippen LogP contribution in [-0.4, -0.2) is 47.9 Å². The summed E-state index contributed by atoms with van der Waals surface area (Å²) in [6, 6.07) is 4.70. The molecule has 2 saturated heterocycles. The van der Waals surface area contributed by atoms with Gasteiger partial charge in [0, 0.05) is 18.6 Å². The molecule has 1 aromatic rings. The minimum absolute atomic E-state index is 0.0669. The van der Waals surface area contributed by atoms with Gasteiger partial charge in [-0.3, -0.25) is 4.79 Å². The number of amides is 1. The SMILES string of the molecule is CN1CCC[C@H]1[C@@H]1CCCN1C(=O)c1ccc(F)cc1Cl. The van der Waals surface area contributed by atoms with Crippen LogP contribution in [0.5, 0.6) is 0 Å². The van der Waals surface area contributed by atoms with Crippen molar-refractivity contribution < 1.29 is 9.18 Å². The minimum atomic E-state index is -0.412. The molecule has 0 N–H and O–H groups in total. The highest BCUT2D eigenvalue weighted by molar-refractivity contribution is 6.33. The van der Waals surface area contributed by atoms with Gasteiger partial charge in [0.15, 0.2) is 0 Å². The van der Waals surface area contributed by atoms with Gasteiger partial charge in [0.25, 0.3) is 5.91 Å². The van der Waals surface area contributed by atoms with Crippen molar-refractivity contribution in [2.24, 2.45) is 0 Å². The van der Waals surface area contributed by atoms with Crippen molar-refractivity contribution in [3.05, 3.63) is 34.6 Å². The normalized spacial score (nSPS) is 26.5. The number of benzene rings is 1. The number of likely N-dealkylation sites (tertiary alicyclic amines) is 2.